The summed E-state index contributed by atoms with van der Waals surface area (Å²) in [5.74, 6) is -0.208. The van der Waals surface area contributed by atoms with Crippen molar-refractivity contribution in [2.75, 3.05) is 5.32 Å². The number of nitrogens with zero attached hydrogens (tertiary/aromatic N) is 1. The van der Waals surface area contributed by atoms with E-state index < -0.39 is 0 Å². The average molecular weight is 315 g/mol. The van der Waals surface area contributed by atoms with Gasteiger partial charge in [-0.1, -0.05) is 18.2 Å². The predicted octanol–water partition coefficient (Wildman–Crippen LogP) is 3.24. The Morgan fingerprint density at radius 2 is 2.26 bits per heavy atom. The molecule has 1 saturated heterocycles. The largest absolute Gasteiger partial charge is 0.403 e. The van der Waals surface area contributed by atoms with Gasteiger partial charge < -0.3 is 20.7 Å². The zero-order chi connectivity index (χ0) is 16.4. The molecule has 2 aliphatic heterocycles. The van der Waals surface area contributed by atoms with E-state index in [-0.39, 0.29) is 24.2 Å². The lowest BCUT2D eigenvalue weighted by atomic mass is 10.1. The van der Waals surface area contributed by atoms with Gasteiger partial charge in [0.1, 0.15) is 11.9 Å². The number of rotatable bonds is 5. The standard InChI is InChI=1S/C18H22FN3O/c1-12-6-7-14(10-16(12)19)21-18-17(23-18)11-15-5-3-4-13(2)22(15)9-8-20/h3-10,13,17-18,21H,11,20H2,1-2H3/b9-8-. The Morgan fingerprint density at radius 1 is 1.43 bits per heavy atom. The molecule has 23 heavy (non-hydrogen) atoms. The summed E-state index contributed by atoms with van der Waals surface area (Å²) in [6.07, 6.45) is 10.4. The lowest BCUT2D eigenvalue weighted by Crippen LogP contribution is -2.29. The minimum absolute atomic E-state index is 0.0806. The maximum Gasteiger partial charge on any atom is 0.155 e. The molecule has 2 heterocycles. The first kappa shape index (κ1) is 15.6. The fraction of sp³-hybridized carbons (Fsp3) is 0.333. The fourth-order valence-corrected chi connectivity index (χ4v) is 2.74. The summed E-state index contributed by atoms with van der Waals surface area (Å²) < 4.78 is 19.3. The minimum Gasteiger partial charge on any atom is -0.403 e. The Bertz CT molecular complexity index is 668. The summed E-state index contributed by atoms with van der Waals surface area (Å²) in [4.78, 5) is 2.13. The van der Waals surface area contributed by atoms with Crippen molar-refractivity contribution in [3.05, 3.63) is 65.9 Å². The zero-order valence-corrected chi connectivity index (χ0v) is 13.4. The molecule has 0 amide bonds. The van der Waals surface area contributed by atoms with E-state index in [1.165, 1.54) is 6.07 Å². The van der Waals surface area contributed by atoms with Crippen molar-refractivity contribution in [2.45, 2.75) is 38.6 Å². The van der Waals surface area contributed by atoms with Crippen LogP contribution in [0.3, 0.4) is 0 Å². The van der Waals surface area contributed by atoms with Crippen LogP contribution in [0, 0.1) is 12.7 Å². The summed E-state index contributed by atoms with van der Waals surface area (Å²) in [6, 6.07) is 5.40. The molecule has 5 heteroatoms. The SMILES string of the molecule is Cc1ccc(NC2OC2CC2=CC=CC(C)N2/C=C\N)cc1F. The molecule has 2 aliphatic rings. The molecule has 1 aromatic carbocycles. The van der Waals surface area contributed by atoms with Gasteiger partial charge in [-0.05, 0) is 37.6 Å². The highest BCUT2D eigenvalue weighted by Crippen LogP contribution is 2.32. The first-order valence-corrected chi connectivity index (χ1v) is 7.80. The number of anilines is 1. The third-order valence-electron chi connectivity index (χ3n) is 4.17. The van der Waals surface area contributed by atoms with E-state index >= 15 is 0 Å². The second-order valence-corrected chi connectivity index (χ2v) is 5.94. The van der Waals surface area contributed by atoms with E-state index in [9.17, 15) is 4.39 Å². The number of epoxide rings is 1. The maximum absolute atomic E-state index is 13.6. The molecule has 1 fully saturated rings. The van der Waals surface area contributed by atoms with Crippen molar-refractivity contribution in [3.63, 3.8) is 0 Å². The molecule has 0 aliphatic carbocycles. The van der Waals surface area contributed by atoms with Crippen molar-refractivity contribution in [3.8, 4) is 0 Å². The molecule has 3 unspecified atom stereocenters. The molecule has 3 atom stereocenters. The van der Waals surface area contributed by atoms with Crippen LogP contribution < -0.4 is 11.1 Å². The van der Waals surface area contributed by atoms with Crippen molar-refractivity contribution in [1.82, 2.24) is 4.90 Å². The maximum atomic E-state index is 13.6. The number of hydrogen-bond donors (Lipinski definition) is 2. The fourth-order valence-electron chi connectivity index (χ4n) is 2.74. The van der Waals surface area contributed by atoms with Crippen LogP contribution in [0.25, 0.3) is 0 Å². The van der Waals surface area contributed by atoms with Crippen LogP contribution in [0.15, 0.2) is 54.5 Å². The predicted molar refractivity (Wildman–Crippen MR) is 89.9 cm³/mol. The molecule has 1 aromatic rings. The number of allylic oxidation sites excluding steroid dienone is 2. The Kier molecular flexibility index (Phi) is 4.39. The van der Waals surface area contributed by atoms with Gasteiger partial charge in [-0.25, -0.2) is 4.39 Å². The highest BCUT2D eigenvalue weighted by atomic mass is 19.1. The third kappa shape index (κ3) is 3.56. The van der Waals surface area contributed by atoms with Gasteiger partial charge in [0.15, 0.2) is 6.23 Å². The summed E-state index contributed by atoms with van der Waals surface area (Å²) in [6.45, 7) is 3.86. The lowest BCUT2D eigenvalue weighted by molar-refractivity contribution is 0.346. The van der Waals surface area contributed by atoms with Crippen LogP contribution in [-0.4, -0.2) is 23.3 Å². The molecule has 0 bridgehead atoms. The summed E-state index contributed by atoms with van der Waals surface area (Å²) in [5, 5.41) is 3.21. The van der Waals surface area contributed by atoms with Crippen molar-refractivity contribution < 1.29 is 9.13 Å². The van der Waals surface area contributed by atoms with Crippen LogP contribution >= 0.6 is 0 Å². The summed E-state index contributed by atoms with van der Waals surface area (Å²) in [5.41, 5.74) is 8.07. The van der Waals surface area contributed by atoms with Crippen molar-refractivity contribution >= 4 is 5.69 Å². The van der Waals surface area contributed by atoms with Gasteiger partial charge in [-0.3, -0.25) is 0 Å². The number of aryl methyl sites for hydroxylation is 1. The molecule has 122 valence electrons. The lowest BCUT2D eigenvalue weighted by Gasteiger charge is -2.30. The number of halogens is 1. The van der Waals surface area contributed by atoms with E-state index in [0.29, 0.717) is 5.56 Å². The Balaban J connectivity index is 1.59. The van der Waals surface area contributed by atoms with Gasteiger partial charge in [0.05, 0.1) is 0 Å². The van der Waals surface area contributed by atoms with Crippen LogP contribution in [0.5, 0.6) is 0 Å². The number of benzene rings is 1. The second kappa shape index (κ2) is 6.46. The van der Waals surface area contributed by atoms with Crippen molar-refractivity contribution in [1.29, 1.82) is 0 Å². The Labute approximate surface area is 136 Å². The van der Waals surface area contributed by atoms with Crippen LogP contribution in [0.2, 0.25) is 0 Å². The average Bonchev–Trinajstić information content (AvgIpc) is 3.24. The van der Waals surface area contributed by atoms with Crippen LogP contribution in [0.1, 0.15) is 18.9 Å². The van der Waals surface area contributed by atoms with Crippen LogP contribution in [0.4, 0.5) is 10.1 Å². The molecular weight excluding hydrogens is 293 g/mol. The minimum atomic E-state index is -0.208. The van der Waals surface area contributed by atoms with E-state index in [1.807, 2.05) is 12.3 Å². The number of nitrogens with one attached hydrogen (secondary N) is 1. The quantitative estimate of drug-likeness (QED) is 0.819. The van der Waals surface area contributed by atoms with Gasteiger partial charge in [0.25, 0.3) is 0 Å². The molecular formula is C18H22FN3O. The molecule has 4 nitrogen and oxygen atoms in total. The zero-order valence-electron chi connectivity index (χ0n) is 13.4. The van der Waals surface area contributed by atoms with E-state index in [0.717, 1.165) is 17.8 Å². The monoisotopic (exact) mass is 315 g/mol. The molecule has 0 aromatic heterocycles. The third-order valence-corrected chi connectivity index (χ3v) is 4.17. The van der Waals surface area contributed by atoms with E-state index in [1.54, 1.807) is 19.2 Å². The first-order chi connectivity index (χ1) is 11.1. The molecule has 0 radical (unpaired) electrons. The molecule has 3 rings (SSSR count). The summed E-state index contributed by atoms with van der Waals surface area (Å²) in [7, 11) is 0. The van der Waals surface area contributed by atoms with Crippen molar-refractivity contribution in [2.24, 2.45) is 5.73 Å². The van der Waals surface area contributed by atoms with Gasteiger partial charge in [-0.2, -0.15) is 0 Å². The Morgan fingerprint density at radius 3 is 3.00 bits per heavy atom. The van der Waals surface area contributed by atoms with Gasteiger partial charge >= 0.3 is 0 Å². The highest BCUT2D eigenvalue weighted by Gasteiger charge is 2.40. The van der Waals surface area contributed by atoms with E-state index in [4.69, 9.17) is 10.5 Å². The number of ether oxygens (including phenoxy) is 1. The van der Waals surface area contributed by atoms with Gasteiger partial charge in [0.2, 0.25) is 0 Å². The topological polar surface area (TPSA) is 53.8 Å². The number of hydrogen-bond acceptors (Lipinski definition) is 4. The van der Waals surface area contributed by atoms with Gasteiger partial charge in [-0.15, -0.1) is 0 Å². The van der Waals surface area contributed by atoms with E-state index in [2.05, 4.69) is 35.4 Å². The molecule has 0 saturated carbocycles. The van der Waals surface area contributed by atoms with Gasteiger partial charge in [0, 0.05) is 36.2 Å². The Hall–Kier alpha value is -2.27. The first-order valence-electron chi connectivity index (χ1n) is 7.80. The van der Waals surface area contributed by atoms with Crippen LogP contribution in [-0.2, 0) is 4.74 Å². The molecule has 3 N–H and O–H groups in total. The second-order valence-electron chi connectivity index (χ2n) is 5.94. The normalized spacial score (nSPS) is 26.5. The summed E-state index contributed by atoms with van der Waals surface area (Å²) >= 11 is 0. The number of nitrogens with two attached hydrogens (primary N) is 1. The molecule has 0 spiro atoms. The smallest absolute Gasteiger partial charge is 0.155 e. The highest BCUT2D eigenvalue weighted by molar-refractivity contribution is 5.46.